The number of hydrogen-bond acceptors (Lipinski definition) is 5. The first-order valence-corrected chi connectivity index (χ1v) is 10.8. The van der Waals surface area contributed by atoms with Gasteiger partial charge in [-0.05, 0) is 57.7 Å². The van der Waals surface area contributed by atoms with Gasteiger partial charge >= 0.3 is 6.09 Å². The minimum Gasteiger partial charge on any atom is -0.444 e. The minimum absolute atomic E-state index is 0.0633. The lowest BCUT2D eigenvalue weighted by Crippen LogP contribution is -2.59. The SMILES string of the molecule is [2H]c1c([2H])c(N([2H])C(=O)C([2H])([2H])N2C(=O)C(c3ccc(Cl)cc3)=NC23C([2H])([2H])N(C(=O)OC(C)(C)C)C([2H])([2H])C([2H])([2H])C3([2H])[2H])c([2H])c(F)c1F. The highest BCUT2D eigenvalue weighted by molar-refractivity contribution is 6.47. The number of piperidine rings is 1. The van der Waals surface area contributed by atoms with Crippen LogP contribution >= 0.6 is 11.6 Å². The number of carbonyl (C=O) groups is 3. The number of amides is 3. The van der Waals surface area contributed by atoms with Crippen molar-refractivity contribution in [1.29, 1.82) is 0 Å². The fraction of sp³-hybridized carbons (Fsp3) is 0.385. The van der Waals surface area contributed by atoms with Crippen molar-refractivity contribution in [2.75, 3.05) is 24.8 Å². The van der Waals surface area contributed by atoms with Gasteiger partial charge in [-0.3, -0.25) is 9.59 Å². The molecule has 1 N–H and O–H groups in total. The second-order valence-electron chi connectivity index (χ2n) is 8.45. The van der Waals surface area contributed by atoms with Crippen LogP contribution in [0.1, 0.15) is 56.9 Å². The van der Waals surface area contributed by atoms with Crippen LogP contribution in [0.25, 0.3) is 0 Å². The van der Waals surface area contributed by atoms with Gasteiger partial charge in [0.05, 0.1) is 16.1 Å². The summed E-state index contributed by atoms with van der Waals surface area (Å²) in [5.41, 5.74) is -8.65. The van der Waals surface area contributed by atoms with Crippen molar-refractivity contribution in [3.8, 4) is 0 Å². The number of nitrogens with zero attached hydrogens (tertiary/aromatic N) is 3. The Bertz CT molecular complexity index is 1850. The Hall–Kier alpha value is -3.53. The number of likely N-dealkylation sites (tertiary alicyclic amines) is 1. The third-order valence-corrected chi connectivity index (χ3v) is 4.75. The van der Waals surface area contributed by atoms with E-state index in [1.165, 1.54) is 20.8 Å². The highest BCUT2D eigenvalue weighted by Gasteiger charge is 2.51. The molecule has 11 heteroatoms. The van der Waals surface area contributed by atoms with Crippen LogP contribution in [0, 0.1) is 11.6 Å². The van der Waals surface area contributed by atoms with Crippen molar-refractivity contribution in [2.24, 2.45) is 4.99 Å². The molecule has 8 nitrogen and oxygen atoms in total. The molecule has 2 aromatic carbocycles. The molecule has 196 valence electrons. The monoisotopic (exact) mass is 546 g/mol. The third kappa shape index (κ3) is 5.90. The Labute approximate surface area is 238 Å². The quantitative estimate of drug-likeness (QED) is 0.606. The minimum atomic E-state index is -4.36. The second-order valence-corrected chi connectivity index (χ2v) is 8.89. The van der Waals surface area contributed by atoms with Gasteiger partial charge in [0.1, 0.15) is 17.8 Å². The van der Waals surface area contributed by atoms with E-state index >= 15 is 0 Å². The van der Waals surface area contributed by atoms with E-state index in [2.05, 4.69) is 4.99 Å². The topological polar surface area (TPSA) is 91.3 Å². The lowest BCUT2D eigenvalue weighted by Gasteiger charge is -2.43. The molecule has 2 aliphatic heterocycles. The number of rotatable bonds is 4. The molecule has 2 aromatic rings. The molecular formula is C26H27ClF2N4O4. The number of nitrogens with one attached hydrogen (secondary N) is 1. The van der Waals surface area contributed by atoms with Crippen LogP contribution in [0.3, 0.4) is 0 Å². The number of benzene rings is 2. The molecule has 0 aliphatic carbocycles. The van der Waals surface area contributed by atoms with Gasteiger partial charge in [-0.15, -0.1) is 0 Å². The van der Waals surface area contributed by atoms with E-state index in [1.807, 2.05) is 0 Å². The zero-order valence-electron chi connectivity index (χ0n) is 33.4. The Kier molecular flexibility index (Phi) is 3.78. The Morgan fingerprint density at radius 3 is 2.68 bits per heavy atom. The highest BCUT2D eigenvalue weighted by atomic mass is 35.5. The smallest absolute Gasteiger partial charge is 0.410 e. The van der Waals surface area contributed by atoms with Crippen LogP contribution in [0.5, 0.6) is 0 Å². The summed E-state index contributed by atoms with van der Waals surface area (Å²) < 4.78 is 153. The summed E-state index contributed by atoms with van der Waals surface area (Å²) in [5, 5.41) is -0.673. The Morgan fingerprint density at radius 1 is 1.30 bits per heavy atom. The van der Waals surface area contributed by atoms with Crippen molar-refractivity contribution < 1.29 is 47.1 Å². The van der Waals surface area contributed by atoms with E-state index in [-0.39, 0.29) is 10.6 Å². The Morgan fingerprint density at radius 2 is 2.00 bits per heavy atom. The van der Waals surface area contributed by atoms with Gasteiger partial charge in [0.2, 0.25) is 5.91 Å². The van der Waals surface area contributed by atoms with Gasteiger partial charge in [-0.2, -0.15) is 0 Å². The van der Waals surface area contributed by atoms with Gasteiger partial charge in [-0.1, -0.05) is 23.7 Å². The summed E-state index contributed by atoms with van der Waals surface area (Å²) in [6.07, 6.45) is -10.4. The van der Waals surface area contributed by atoms with Crippen LogP contribution in [-0.4, -0.2) is 64.2 Å². The van der Waals surface area contributed by atoms with Crippen LogP contribution in [0.15, 0.2) is 47.4 Å². The van der Waals surface area contributed by atoms with Crippen molar-refractivity contribution in [3.63, 3.8) is 0 Å². The van der Waals surface area contributed by atoms with Gasteiger partial charge in [0.15, 0.2) is 18.7 Å². The number of halogens is 3. The molecule has 0 aromatic heterocycles. The van der Waals surface area contributed by atoms with Crippen LogP contribution in [0.4, 0.5) is 19.3 Å². The largest absolute Gasteiger partial charge is 0.444 e. The normalized spacial score (nSPS) is 31.1. The molecule has 37 heavy (non-hydrogen) atoms. The zero-order valence-corrected chi connectivity index (χ0v) is 20.1. The average Bonchev–Trinajstić information content (AvgIpc) is 3.32. The van der Waals surface area contributed by atoms with Gasteiger partial charge in [-0.25, -0.2) is 18.6 Å². The molecule has 0 bridgehead atoms. The number of carbonyl (C=O) groups excluding carboxylic acids is 3. The van der Waals surface area contributed by atoms with Crippen molar-refractivity contribution in [2.45, 2.75) is 44.8 Å². The number of hydrogen-bond donors (Lipinski definition) is 1. The molecule has 0 radical (unpaired) electrons. The molecule has 1 fully saturated rings. The second kappa shape index (κ2) is 10.1. The molecule has 2 aliphatic rings. The lowest BCUT2D eigenvalue weighted by molar-refractivity contribution is -0.134. The molecule has 1 spiro atoms. The molecule has 2 heterocycles. The molecule has 3 amide bonds. The van der Waals surface area contributed by atoms with Gasteiger partial charge in [0.25, 0.3) is 5.91 Å². The van der Waals surface area contributed by atoms with E-state index in [0.29, 0.717) is 0 Å². The van der Waals surface area contributed by atoms with Crippen molar-refractivity contribution in [3.05, 3.63) is 64.6 Å². The maximum Gasteiger partial charge on any atom is 0.410 e. The van der Waals surface area contributed by atoms with Crippen LogP contribution in [0.2, 0.25) is 6.43 Å². The van der Waals surface area contributed by atoms with Crippen LogP contribution < -0.4 is 5.31 Å². The Balaban J connectivity index is 2.12. The van der Waals surface area contributed by atoms with E-state index in [9.17, 15) is 23.2 Å². The summed E-state index contributed by atoms with van der Waals surface area (Å²) in [4.78, 5) is 44.4. The van der Waals surface area contributed by atoms with Crippen LogP contribution in [-0.2, 0) is 14.3 Å². The first kappa shape index (κ1) is 13.9. The fourth-order valence-electron chi connectivity index (χ4n) is 3.02. The van der Waals surface area contributed by atoms with E-state index in [0.717, 1.165) is 24.3 Å². The molecular weight excluding hydrogens is 506 g/mol. The zero-order chi connectivity index (χ0) is 39.4. The standard InChI is InChI=1S/C26H27ClF2N4O4/c1-25(2,3)37-24(36)32-12-4-11-26(15-32)31-22(16-5-7-17(27)8-6-16)23(35)33(26)14-21(34)30-18-9-10-19(28)20(29)13-18/h5-10,13H,4,11-12,14-15H2,1-3H3,(H,30,34)/i4D2,9D,10D,11D2,12D2,13D,14D2,15D2/hD. The maximum atomic E-state index is 14.5. The van der Waals surface area contributed by atoms with Gasteiger partial charge < -0.3 is 19.8 Å². The summed E-state index contributed by atoms with van der Waals surface area (Å²) in [6.45, 7) is -8.82. The van der Waals surface area contributed by atoms with E-state index in [1.54, 1.807) is 0 Å². The summed E-state index contributed by atoms with van der Waals surface area (Å²) >= 11 is 5.93. The molecule has 4 rings (SSSR count). The molecule has 1 saturated heterocycles. The summed E-state index contributed by atoms with van der Waals surface area (Å²) in [7, 11) is 0. The number of ether oxygens (including phenoxy) is 1. The molecule has 0 saturated carbocycles. The van der Waals surface area contributed by atoms with Crippen molar-refractivity contribution >= 4 is 40.9 Å². The highest BCUT2D eigenvalue weighted by Crippen LogP contribution is 2.36. The first-order chi connectivity index (χ1) is 22.9. The molecule has 1 atom stereocenters. The number of aliphatic imine (C=N–C) groups is 1. The summed E-state index contributed by atoms with van der Waals surface area (Å²) in [6, 6.07) is -0.304. The van der Waals surface area contributed by atoms with Crippen molar-refractivity contribution in [1.82, 2.24) is 9.80 Å². The maximum absolute atomic E-state index is 14.5. The van der Waals surface area contributed by atoms with E-state index < -0.39 is 118 Å². The van der Waals surface area contributed by atoms with Gasteiger partial charge in [0, 0.05) is 37.0 Å². The first-order valence-electron chi connectivity index (χ1n) is 17.3. The fourth-order valence-corrected chi connectivity index (χ4v) is 3.14. The average molecular weight is 547 g/mol. The molecule has 1 unspecified atom stereocenters. The predicted octanol–water partition coefficient (Wildman–Crippen LogP) is 4.62. The lowest BCUT2D eigenvalue weighted by atomic mass is 9.97. The number of anilines is 1. The van der Waals surface area contributed by atoms with E-state index in [4.69, 9.17) is 35.6 Å². The summed E-state index contributed by atoms with van der Waals surface area (Å²) in [5.74, 6) is -8.49. The predicted molar refractivity (Wildman–Crippen MR) is 134 cm³/mol. The third-order valence-electron chi connectivity index (χ3n) is 4.50.